The Labute approximate surface area is 166 Å². The van der Waals surface area contributed by atoms with Crippen LogP contribution in [0.3, 0.4) is 0 Å². The van der Waals surface area contributed by atoms with Gasteiger partial charge in [0.15, 0.2) is 0 Å². The van der Waals surface area contributed by atoms with Crippen molar-refractivity contribution in [3.8, 4) is 11.5 Å². The summed E-state index contributed by atoms with van der Waals surface area (Å²) in [5.74, 6) is -0.110. The monoisotopic (exact) mass is 413 g/mol. The maximum Gasteiger partial charge on any atom is 0.438 e. The number of anilines is 1. The normalized spacial score (nSPS) is 11.1. The van der Waals surface area contributed by atoms with E-state index in [4.69, 9.17) is 9.47 Å². The van der Waals surface area contributed by atoms with Crippen LogP contribution in [0.15, 0.2) is 36.4 Å². The molecule has 0 heterocycles. The fourth-order valence-corrected chi connectivity index (χ4v) is 2.67. The third-order valence-electron chi connectivity index (χ3n) is 4.11. The van der Waals surface area contributed by atoms with E-state index < -0.39 is 17.8 Å². The van der Waals surface area contributed by atoms with E-state index in [9.17, 15) is 23.2 Å². The van der Waals surface area contributed by atoms with E-state index in [0.29, 0.717) is 12.0 Å². The van der Waals surface area contributed by atoms with Crippen molar-refractivity contribution in [3.63, 3.8) is 0 Å². The predicted octanol–water partition coefficient (Wildman–Crippen LogP) is 5.21. The van der Waals surface area contributed by atoms with Crippen LogP contribution in [0, 0.1) is 0 Å². The first kappa shape index (κ1) is 22.4. The molecule has 29 heavy (non-hydrogen) atoms. The largest absolute Gasteiger partial charge is 0.493 e. The lowest BCUT2D eigenvalue weighted by Gasteiger charge is -2.21. The molecule has 2 aromatic rings. The van der Waals surface area contributed by atoms with Crippen LogP contribution < -0.4 is 14.5 Å². The van der Waals surface area contributed by atoms with Crippen LogP contribution in [0.4, 0.5) is 23.7 Å². The van der Waals surface area contributed by atoms with Crippen LogP contribution in [-0.4, -0.2) is 25.0 Å². The fraction of sp³-hybridized carbons (Fsp3) is 0.350. The molecule has 1 N–H and O–H groups in total. The molecular formula is C20H22F3NO5. The van der Waals surface area contributed by atoms with E-state index in [0.717, 1.165) is 13.2 Å². The van der Waals surface area contributed by atoms with E-state index in [2.05, 4.69) is 4.74 Å². The number of hydrogen-bond donors (Lipinski definition) is 1. The Morgan fingerprint density at radius 3 is 2.41 bits per heavy atom. The maximum absolute atomic E-state index is 13.4. The van der Waals surface area contributed by atoms with E-state index >= 15 is 0 Å². The molecule has 2 aromatic carbocycles. The minimum atomic E-state index is -4.60. The number of amides is 1. The summed E-state index contributed by atoms with van der Waals surface area (Å²) in [6.07, 6.45) is -5.22. The van der Waals surface area contributed by atoms with Gasteiger partial charge in [-0.25, -0.2) is 4.79 Å². The van der Waals surface area contributed by atoms with Crippen molar-refractivity contribution < 1.29 is 37.4 Å². The first-order valence-corrected chi connectivity index (χ1v) is 8.87. The highest BCUT2D eigenvalue weighted by atomic mass is 19.4. The number of hydroxylamine groups is 1. The number of hydrogen-bond acceptors (Lipinski definition) is 5. The topological polar surface area (TPSA) is 68.2 Å². The van der Waals surface area contributed by atoms with Crippen LogP contribution >= 0.6 is 0 Å². The summed E-state index contributed by atoms with van der Waals surface area (Å²) in [4.78, 5) is 11.7. The molecule has 6 nitrogen and oxygen atoms in total. The molecular weight excluding hydrogens is 391 g/mol. The second-order valence-electron chi connectivity index (χ2n) is 5.94. The van der Waals surface area contributed by atoms with Crippen molar-refractivity contribution in [1.29, 1.82) is 0 Å². The molecule has 0 saturated heterocycles. The van der Waals surface area contributed by atoms with E-state index in [1.165, 1.54) is 18.2 Å². The zero-order chi connectivity index (χ0) is 21.6. The summed E-state index contributed by atoms with van der Waals surface area (Å²) in [6.45, 7) is 3.36. The third-order valence-corrected chi connectivity index (χ3v) is 4.11. The van der Waals surface area contributed by atoms with Gasteiger partial charge in [-0.2, -0.15) is 18.2 Å². The van der Waals surface area contributed by atoms with Gasteiger partial charge < -0.3 is 14.2 Å². The standard InChI is InChI=1S/C20H22F3NO5/c1-4-13-9-10-18(15(11-13)20(21,22)23)29-12-14-16(24(26)19(25)27-3)7-6-8-17(14)28-5-2/h6-11,26H,4-5,12H2,1-3H3. The highest BCUT2D eigenvalue weighted by Crippen LogP contribution is 2.38. The number of carbonyl (C=O) groups is 1. The molecule has 0 radical (unpaired) electrons. The summed E-state index contributed by atoms with van der Waals surface area (Å²) in [6, 6.07) is 8.31. The van der Waals surface area contributed by atoms with Crippen molar-refractivity contribution in [2.75, 3.05) is 18.8 Å². The van der Waals surface area contributed by atoms with Crippen LogP contribution in [-0.2, 0) is 23.9 Å². The lowest BCUT2D eigenvalue weighted by molar-refractivity contribution is -0.139. The van der Waals surface area contributed by atoms with Gasteiger partial charge in [0.1, 0.15) is 18.1 Å². The second kappa shape index (κ2) is 9.51. The highest BCUT2D eigenvalue weighted by Gasteiger charge is 2.35. The van der Waals surface area contributed by atoms with E-state index in [1.807, 2.05) is 0 Å². The van der Waals surface area contributed by atoms with Crippen molar-refractivity contribution in [1.82, 2.24) is 0 Å². The summed E-state index contributed by atoms with van der Waals surface area (Å²) in [5, 5.41) is 10.3. The lowest BCUT2D eigenvalue weighted by Crippen LogP contribution is -2.28. The molecule has 158 valence electrons. The molecule has 0 fully saturated rings. The molecule has 0 aliphatic heterocycles. The summed E-state index contributed by atoms with van der Waals surface area (Å²) in [7, 11) is 1.08. The molecule has 9 heteroatoms. The number of benzene rings is 2. The fourth-order valence-electron chi connectivity index (χ4n) is 2.67. The quantitative estimate of drug-likeness (QED) is 0.499. The second-order valence-corrected chi connectivity index (χ2v) is 5.94. The van der Waals surface area contributed by atoms with Crippen molar-refractivity contribution >= 4 is 11.8 Å². The van der Waals surface area contributed by atoms with Gasteiger partial charge in [0, 0.05) is 0 Å². The van der Waals surface area contributed by atoms with Gasteiger partial charge in [-0.1, -0.05) is 19.1 Å². The molecule has 0 aliphatic carbocycles. The number of nitrogens with zero attached hydrogens (tertiary/aromatic N) is 1. The predicted molar refractivity (Wildman–Crippen MR) is 99.4 cm³/mol. The van der Waals surface area contributed by atoms with Gasteiger partial charge in [-0.05, 0) is 43.2 Å². The Kier molecular flexibility index (Phi) is 7.33. The Hall–Kier alpha value is -2.94. The van der Waals surface area contributed by atoms with Gasteiger partial charge in [-0.15, -0.1) is 0 Å². The number of ether oxygens (including phenoxy) is 3. The van der Waals surface area contributed by atoms with Gasteiger partial charge in [0.25, 0.3) is 0 Å². The van der Waals surface area contributed by atoms with Gasteiger partial charge in [0.2, 0.25) is 0 Å². The summed E-state index contributed by atoms with van der Waals surface area (Å²) < 4.78 is 55.7. The smallest absolute Gasteiger partial charge is 0.438 e. The van der Waals surface area contributed by atoms with Crippen LogP contribution in [0.25, 0.3) is 0 Å². The first-order valence-electron chi connectivity index (χ1n) is 8.87. The Morgan fingerprint density at radius 2 is 1.83 bits per heavy atom. The molecule has 0 aliphatic rings. The maximum atomic E-state index is 13.4. The number of methoxy groups -OCH3 is 1. The zero-order valence-corrected chi connectivity index (χ0v) is 16.2. The number of carbonyl (C=O) groups excluding carboxylic acids is 1. The molecule has 0 saturated carbocycles. The summed E-state index contributed by atoms with van der Waals surface area (Å²) in [5.41, 5.74) is -0.218. The lowest BCUT2D eigenvalue weighted by atomic mass is 10.1. The first-order chi connectivity index (χ1) is 13.7. The molecule has 0 bridgehead atoms. The zero-order valence-electron chi connectivity index (χ0n) is 16.2. The van der Waals surface area contributed by atoms with Crippen LogP contribution in [0.2, 0.25) is 0 Å². The van der Waals surface area contributed by atoms with Gasteiger partial charge in [0.05, 0.1) is 30.5 Å². The van der Waals surface area contributed by atoms with Crippen molar-refractivity contribution in [2.24, 2.45) is 0 Å². The number of alkyl halides is 3. The SMILES string of the molecule is CCOc1cccc(N(O)C(=O)OC)c1COc1ccc(CC)cc1C(F)(F)F. The van der Waals surface area contributed by atoms with Gasteiger partial charge >= 0.3 is 12.3 Å². The van der Waals surface area contributed by atoms with E-state index in [-0.39, 0.29) is 41.0 Å². The molecule has 1 amide bonds. The van der Waals surface area contributed by atoms with Crippen molar-refractivity contribution in [3.05, 3.63) is 53.1 Å². The van der Waals surface area contributed by atoms with Gasteiger partial charge in [-0.3, -0.25) is 5.21 Å². The number of rotatable bonds is 7. The van der Waals surface area contributed by atoms with E-state index in [1.54, 1.807) is 26.0 Å². The van der Waals surface area contributed by atoms with Crippen molar-refractivity contribution in [2.45, 2.75) is 33.1 Å². The minimum absolute atomic E-state index is 0.0264. The minimum Gasteiger partial charge on any atom is -0.493 e. The molecule has 0 unspecified atom stereocenters. The molecule has 2 rings (SSSR count). The average molecular weight is 413 g/mol. The van der Waals surface area contributed by atoms with Crippen LogP contribution in [0.5, 0.6) is 11.5 Å². The highest BCUT2D eigenvalue weighted by molar-refractivity contribution is 5.86. The molecule has 0 atom stereocenters. The third kappa shape index (κ3) is 5.32. The number of halogens is 3. The Bertz CT molecular complexity index is 854. The Balaban J connectivity index is 2.43. The molecule has 0 aromatic heterocycles. The summed E-state index contributed by atoms with van der Waals surface area (Å²) >= 11 is 0. The molecule has 0 spiro atoms. The Morgan fingerprint density at radius 1 is 1.10 bits per heavy atom. The van der Waals surface area contributed by atoms with Crippen LogP contribution in [0.1, 0.15) is 30.5 Å². The average Bonchev–Trinajstić information content (AvgIpc) is 2.70. The number of aryl methyl sites for hydroxylation is 1.